The molecule has 118 valence electrons. The summed E-state index contributed by atoms with van der Waals surface area (Å²) in [5.41, 5.74) is 0.306. The minimum atomic E-state index is -0.700. The fourth-order valence-corrected chi connectivity index (χ4v) is 2.67. The van der Waals surface area contributed by atoms with Crippen molar-refractivity contribution in [1.82, 2.24) is 4.90 Å². The fraction of sp³-hybridized carbons (Fsp3) is 0.467. The maximum atomic E-state index is 12.3. The molecule has 1 unspecified atom stereocenters. The van der Waals surface area contributed by atoms with Gasteiger partial charge in [-0.1, -0.05) is 6.92 Å². The highest BCUT2D eigenvalue weighted by Crippen LogP contribution is 2.20. The highest BCUT2D eigenvalue weighted by molar-refractivity contribution is 6.39. The molecule has 1 aliphatic heterocycles. The molecule has 0 aromatic heterocycles. The zero-order valence-corrected chi connectivity index (χ0v) is 12.4. The van der Waals surface area contributed by atoms with Crippen LogP contribution in [0.25, 0.3) is 0 Å². The number of nitrogens with zero attached hydrogens (tertiary/aromatic N) is 2. The molecule has 2 amide bonds. The molecule has 1 saturated heterocycles. The van der Waals surface area contributed by atoms with Crippen molar-refractivity contribution in [3.63, 3.8) is 0 Å². The van der Waals surface area contributed by atoms with Gasteiger partial charge in [0.25, 0.3) is 5.69 Å². The van der Waals surface area contributed by atoms with Crippen LogP contribution in [0, 0.1) is 10.1 Å². The summed E-state index contributed by atoms with van der Waals surface area (Å²) in [5, 5.41) is 13.1. The number of rotatable bonds is 3. The van der Waals surface area contributed by atoms with Crippen LogP contribution in [0.15, 0.2) is 24.3 Å². The van der Waals surface area contributed by atoms with E-state index in [-0.39, 0.29) is 11.7 Å². The number of amides is 2. The number of carbonyl (C=O) groups excluding carboxylic acids is 2. The van der Waals surface area contributed by atoms with Gasteiger partial charge in [0.2, 0.25) is 0 Å². The van der Waals surface area contributed by atoms with Gasteiger partial charge in [0.1, 0.15) is 0 Å². The van der Waals surface area contributed by atoms with Crippen molar-refractivity contribution in [3.8, 4) is 0 Å². The largest absolute Gasteiger partial charge is 0.331 e. The maximum Gasteiger partial charge on any atom is 0.313 e. The lowest BCUT2D eigenvalue weighted by Gasteiger charge is -2.34. The van der Waals surface area contributed by atoms with Gasteiger partial charge in [-0.15, -0.1) is 0 Å². The SMILES string of the molecule is CCC1CCCCN1C(=O)C(=O)Nc1ccc([N+](=O)[O-])cc1. The number of anilines is 1. The zero-order valence-electron chi connectivity index (χ0n) is 12.4. The normalized spacial score (nSPS) is 17.9. The molecule has 2 rings (SSSR count). The molecule has 1 atom stereocenters. The average molecular weight is 305 g/mol. The minimum Gasteiger partial charge on any atom is -0.331 e. The fourth-order valence-electron chi connectivity index (χ4n) is 2.67. The first-order valence-electron chi connectivity index (χ1n) is 7.39. The van der Waals surface area contributed by atoms with E-state index < -0.39 is 16.7 Å². The van der Waals surface area contributed by atoms with Crippen molar-refractivity contribution in [3.05, 3.63) is 34.4 Å². The van der Waals surface area contributed by atoms with E-state index in [1.54, 1.807) is 4.90 Å². The molecule has 1 aromatic rings. The standard InChI is InChI=1S/C15H19N3O4/c1-2-12-5-3-4-10-17(12)15(20)14(19)16-11-6-8-13(9-7-11)18(21)22/h6-9,12H,2-5,10H2,1H3,(H,16,19). The van der Waals surface area contributed by atoms with Crippen LogP contribution in [0.5, 0.6) is 0 Å². The van der Waals surface area contributed by atoms with E-state index in [1.165, 1.54) is 24.3 Å². The average Bonchev–Trinajstić information content (AvgIpc) is 2.54. The van der Waals surface area contributed by atoms with E-state index in [2.05, 4.69) is 5.32 Å². The molecule has 1 fully saturated rings. The van der Waals surface area contributed by atoms with Gasteiger partial charge in [-0.2, -0.15) is 0 Å². The highest BCUT2D eigenvalue weighted by Gasteiger charge is 2.29. The van der Waals surface area contributed by atoms with E-state index in [9.17, 15) is 19.7 Å². The Bertz CT molecular complexity index is 571. The molecule has 7 nitrogen and oxygen atoms in total. The van der Waals surface area contributed by atoms with Crippen LogP contribution in [-0.2, 0) is 9.59 Å². The Hall–Kier alpha value is -2.44. The van der Waals surface area contributed by atoms with Gasteiger partial charge < -0.3 is 10.2 Å². The summed E-state index contributed by atoms with van der Waals surface area (Å²) in [5.74, 6) is -1.24. The number of nitro benzene ring substituents is 1. The van der Waals surface area contributed by atoms with Crippen LogP contribution in [0.4, 0.5) is 11.4 Å². The van der Waals surface area contributed by atoms with Crippen LogP contribution in [0.1, 0.15) is 32.6 Å². The number of nitro groups is 1. The molecule has 1 N–H and O–H groups in total. The first kappa shape index (κ1) is 15.9. The Morgan fingerprint density at radius 2 is 2.00 bits per heavy atom. The third-order valence-electron chi connectivity index (χ3n) is 3.89. The Morgan fingerprint density at radius 3 is 2.59 bits per heavy atom. The van der Waals surface area contributed by atoms with E-state index in [4.69, 9.17) is 0 Å². The summed E-state index contributed by atoms with van der Waals surface area (Å²) >= 11 is 0. The lowest BCUT2D eigenvalue weighted by molar-refractivity contribution is -0.384. The van der Waals surface area contributed by atoms with Crippen molar-refractivity contribution in [1.29, 1.82) is 0 Å². The molecule has 1 heterocycles. The Labute approximate surface area is 128 Å². The number of non-ortho nitro benzene ring substituents is 1. The van der Waals surface area contributed by atoms with E-state index in [1.807, 2.05) is 6.92 Å². The van der Waals surface area contributed by atoms with Crippen molar-refractivity contribution in [2.24, 2.45) is 0 Å². The number of benzene rings is 1. The summed E-state index contributed by atoms with van der Waals surface area (Å²) in [4.78, 5) is 36.0. The predicted octanol–water partition coefficient (Wildman–Crippen LogP) is 2.32. The van der Waals surface area contributed by atoms with Gasteiger partial charge in [-0.05, 0) is 37.8 Å². The van der Waals surface area contributed by atoms with Crippen molar-refractivity contribution < 1.29 is 14.5 Å². The molecular formula is C15H19N3O4. The number of hydrogen-bond donors (Lipinski definition) is 1. The maximum absolute atomic E-state index is 12.3. The van der Waals surface area contributed by atoms with Crippen molar-refractivity contribution in [2.45, 2.75) is 38.6 Å². The van der Waals surface area contributed by atoms with Gasteiger partial charge in [-0.3, -0.25) is 19.7 Å². The molecule has 0 spiro atoms. The quantitative estimate of drug-likeness (QED) is 0.527. The van der Waals surface area contributed by atoms with Crippen molar-refractivity contribution in [2.75, 3.05) is 11.9 Å². The molecule has 1 aromatic carbocycles. The summed E-state index contributed by atoms with van der Waals surface area (Å²) in [6.45, 7) is 2.61. The first-order valence-corrected chi connectivity index (χ1v) is 7.39. The van der Waals surface area contributed by atoms with Gasteiger partial charge >= 0.3 is 11.8 Å². The number of likely N-dealkylation sites (tertiary alicyclic amines) is 1. The number of hydrogen-bond acceptors (Lipinski definition) is 4. The van der Waals surface area contributed by atoms with Crippen LogP contribution >= 0.6 is 0 Å². The molecule has 0 radical (unpaired) electrons. The molecule has 7 heteroatoms. The van der Waals surface area contributed by atoms with E-state index in [0.717, 1.165) is 25.7 Å². The lowest BCUT2D eigenvalue weighted by Crippen LogP contribution is -2.48. The number of piperidine rings is 1. The second kappa shape index (κ2) is 7.02. The predicted molar refractivity (Wildman–Crippen MR) is 81.4 cm³/mol. The summed E-state index contributed by atoms with van der Waals surface area (Å²) < 4.78 is 0. The molecule has 22 heavy (non-hydrogen) atoms. The van der Waals surface area contributed by atoms with Crippen LogP contribution < -0.4 is 5.32 Å². The zero-order chi connectivity index (χ0) is 16.1. The molecule has 0 bridgehead atoms. The smallest absolute Gasteiger partial charge is 0.313 e. The lowest BCUT2D eigenvalue weighted by atomic mass is 10.00. The third-order valence-corrected chi connectivity index (χ3v) is 3.89. The summed E-state index contributed by atoms with van der Waals surface area (Å²) in [6.07, 6.45) is 3.74. The van der Waals surface area contributed by atoms with E-state index in [0.29, 0.717) is 12.2 Å². The van der Waals surface area contributed by atoms with Crippen LogP contribution in [0.3, 0.4) is 0 Å². The second-order valence-corrected chi connectivity index (χ2v) is 5.31. The monoisotopic (exact) mass is 305 g/mol. The van der Waals surface area contributed by atoms with Crippen LogP contribution in [0.2, 0.25) is 0 Å². The van der Waals surface area contributed by atoms with Gasteiger partial charge in [0, 0.05) is 30.4 Å². The number of nitrogens with one attached hydrogen (secondary N) is 1. The summed E-state index contributed by atoms with van der Waals surface area (Å²) in [6, 6.07) is 5.52. The highest BCUT2D eigenvalue weighted by atomic mass is 16.6. The topological polar surface area (TPSA) is 92.6 Å². The van der Waals surface area contributed by atoms with E-state index >= 15 is 0 Å². The van der Waals surface area contributed by atoms with Gasteiger partial charge in [0.15, 0.2) is 0 Å². The Morgan fingerprint density at radius 1 is 1.32 bits per heavy atom. The first-order chi connectivity index (χ1) is 10.5. The summed E-state index contributed by atoms with van der Waals surface area (Å²) in [7, 11) is 0. The number of carbonyl (C=O) groups is 2. The van der Waals surface area contributed by atoms with Gasteiger partial charge in [0.05, 0.1) is 4.92 Å². The minimum absolute atomic E-state index is 0.0635. The Kier molecular flexibility index (Phi) is 5.08. The Balaban J connectivity index is 2.01. The molecule has 0 saturated carbocycles. The molecule has 0 aliphatic carbocycles. The van der Waals surface area contributed by atoms with Crippen molar-refractivity contribution >= 4 is 23.2 Å². The van der Waals surface area contributed by atoms with Crippen LogP contribution in [-0.4, -0.2) is 34.2 Å². The van der Waals surface area contributed by atoms with Gasteiger partial charge in [-0.25, -0.2) is 0 Å². The molecule has 1 aliphatic rings. The third kappa shape index (κ3) is 3.60. The molecular weight excluding hydrogens is 286 g/mol. The second-order valence-electron chi connectivity index (χ2n) is 5.31.